The maximum atomic E-state index is 13.6. The van der Waals surface area contributed by atoms with Gasteiger partial charge in [0.05, 0.1) is 37.7 Å². The Kier molecular flexibility index (Phi) is 5.12. The molecule has 6 nitrogen and oxygen atoms in total. The number of hydrogen-bond acceptors (Lipinski definition) is 5. The molecule has 2 aliphatic rings. The molecule has 0 aromatic heterocycles. The largest absolute Gasteiger partial charge is 0.496 e. The predicted octanol–water partition coefficient (Wildman–Crippen LogP) is 5.86. The van der Waals surface area contributed by atoms with Crippen LogP contribution in [0.2, 0.25) is 0 Å². The summed E-state index contributed by atoms with van der Waals surface area (Å²) in [6.45, 7) is 3.84. The van der Waals surface area contributed by atoms with Gasteiger partial charge in [-0.3, -0.25) is 9.80 Å². The molecule has 5 rings (SSSR count). The Balaban J connectivity index is 1.75. The van der Waals surface area contributed by atoms with Crippen LogP contribution in [-0.4, -0.2) is 25.7 Å². The number of hydrogen-bond donors (Lipinski definition) is 1. The van der Waals surface area contributed by atoms with Crippen LogP contribution in [0.4, 0.5) is 30.2 Å². The fourth-order valence-corrected chi connectivity index (χ4v) is 4.73. The van der Waals surface area contributed by atoms with Crippen molar-refractivity contribution in [3.05, 3.63) is 65.7 Å². The van der Waals surface area contributed by atoms with Gasteiger partial charge in [-0.1, -0.05) is 18.2 Å². The molecule has 0 radical (unpaired) electrons. The fraction of sp³-hybridized carbons (Fsp3) is 0.269. The second-order valence-electron chi connectivity index (χ2n) is 9.00. The van der Waals surface area contributed by atoms with E-state index >= 15 is 0 Å². The molecule has 182 valence electrons. The number of carbonyl (C=O) groups is 1. The molecule has 2 aliphatic heterocycles. The van der Waals surface area contributed by atoms with Gasteiger partial charge in [-0.25, -0.2) is 5.01 Å². The normalized spacial score (nSPS) is 16.1. The molecule has 35 heavy (non-hydrogen) atoms. The van der Waals surface area contributed by atoms with E-state index in [9.17, 15) is 18.0 Å². The summed E-state index contributed by atoms with van der Waals surface area (Å²) in [5, 5.41) is 6.69. The fourth-order valence-electron chi connectivity index (χ4n) is 4.73. The number of methoxy groups -OCH3 is 2. The Bertz CT molecular complexity index is 1340. The van der Waals surface area contributed by atoms with E-state index in [1.54, 1.807) is 44.2 Å². The number of para-hydroxylation sites is 2. The molecule has 3 aromatic rings. The van der Waals surface area contributed by atoms with Crippen LogP contribution in [0, 0.1) is 0 Å². The number of carbonyl (C=O) groups excluding carboxylic acids is 1. The van der Waals surface area contributed by atoms with Crippen molar-refractivity contribution < 1.29 is 27.4 Å². The van der Waals surface area contributed by atoms with Crippen molar-refractivity contribution in [3.8, 4) is 22.6 Å². The second-order valence-corrected chi connectivity index (χ2v) is 9.00. The molecule has 1 N–H and O–H groups in total. The lowest BCUT2D eigenvalue weighted by atomic mass is 9.92. The lowest BCUT2D eigenvalue weighted by Gasteiger charge is -2.41. The van der Waals surface area contributed by atoms with Crippen LogP contribution in [0.5, 0.6) is 11.5 Å². The van der Waals surface area contributed by atoms with Gasteiger partial charge in [0, 0.05) is 11.1 Å². The zero-order valence-corrected chi connectivity index (χ0v) is 19.7. The molecule has 2 heterocycles. The molecule has 0 spiro atoms. The van der Waals surface area contributed by atoms with Gasteiger partial charge in [0.2, 0.25) is 0 Å². The average molecular weight is 483 g/mol. The Hall–Kier alpha value is -3.88. The van der Waals surface area contributed by atoms with Gasteiger partial charge in [-0.2, -0.15) is 13.2 Å². The molecule has 9 heteroatoms. The third-order valence-electron chi connectivity index (χ3n) is 6.40. The van der Waals surface area contributed by atoms with Gasteiger partial charge in [-0.05, 0) is 55.8 Å². The first-order valence-corrected chi connectivity index (χ1v) is 11.0. The lowest BCUT2D eigenvalue weighted by Crippen LogP contribution is -2.57. The van der Waals surface area contributed by atoms with Gasteiger partial charge < -0.3 is 14.8 Å². The number of halogens is 3. The summed E-state index contributed by atoms with van der Waals surface area (Å²) in [5.41, 5.74) is 1.90. The molecule has 0 fully saturated rings. The Labute approximate surface area is 200 Å². The van der Waals surface area contributed by atoms with Crippen LogP contribution in [0.15, 0.2) is 54.6 Å². The number of anilines is 3. The summed E-state index contributed by atoms with van der Waals surface area (Å²) in [6.07, 6.45) is -4.51. The molecular weight excluding hydrogens is 459 g/mol. The van der Waals surface area contributed by atoms with Crippen molar-refractivity contribution in [2.24, 2.45) is 0 Å². The highest BCUT2D eigenvalue weighted by Gasteiger charge is 2.47. The first-order valence-electron chi connectivity index (χ1n) is 11.0. The summed E-state index contributed by atoms with van der Waals surface area (Å²) >= 11 is 0. The third-order valence-corrected chi connectivity index (χ3v) is 6.40. The van der Waals surface area contributed by atoms with Crippen molar-refractivity contribution in [3.63, 3.8) is 0 Å². The number of hydrazine groups is 1. The van der Waals surface area contributed by atoms with Crippen LogP contribution >= 0.6 is 0 Å². The minimum atomic E-state index is -4.51. The molecule has 0 saturated heterocycles. The summed E-state index contributed by atoms with van der Waals surface area (Å²) in [5.74, 6) is 0.693. The maximum Gasteiger partial charge on any atom is 0.416 e. The zero-order chi connectivity index (χ0) is 25.1. The van der Waals surface area contributed by atoms with Crippen molar-refractivity contribution in [2.75, 3.05) is 29.6 Å². The van der Waals surface area contributed by atoms with Gasteiger partial charge >= 0.3 is 6.18 Å². The maximum absolute atomic E-state index is 13.6. The van der Waals surface area contributed by atoms with E-state index < -0.39 is 17.3 Å². The number of rotatable bonds is 4. The van der Waals surface area contributed by atoms with Crippen LogP contribution in [0.25, 0.3) is 11.1 Å². The van der Waals surface area contributed by atoms with E-state index in [-0.39, 0.29) is 12.5 Å². The number of nitrogens with one attached hydrogen (secondary N) is 1. The van der Waals surface area contributed by atoms with E-state index in [1.807, 2.05) is 23.2 Å². The minimum absolute atomic E-state index is 0.192. The van der Waals surface area contributed by atoms with Gasteiger partial charge in [0.15, 0.2) is 0 Å². The van der Waals surface area contributed by atoms with E-state index in [0.29, 0.717) is 39.6 Å². The molecular formula is C26H24F3N3O3. The van der Waals surface area contributed by atoms with E-state index in [1.165, 1.54) is 13.2 Å². The van der Waals surface area contributed by atoms with Crippen molar-refractivity contribution in [2.45, 2.75) is 32.1 Å². The Morgan fingerprint density at radius 3 is 2.34 bits per heavy atom. The molecule has 0 unspecified atom stereocenters. The molecule has 0 aliphatic carbocycles. The molecule has 1 amide bonds. The quantitative estimate of drug-likeness (QED) is 0.504. The second kappa shape index (κ2) is 7.83. The highest BCUT2D eigenvalue weighted by atomic mass is 19.4. The van der Waals surface area contributed by atoms with Crippen LogP contribution in [0.3, 0.4) is 0 Å². The van der Waals surface area contributed by atoms with Gasteiger partial charge in [-0.15, -0.1) is 0 Å². The number of nitrogens with zero attached hydrogens (tertiary/aromatic N) is 2. The average Bonchev–Trinajstić information content (AvgIpc) is 3.23. The molecule has 0 saturated carbocycles. The monoisotopic (exact) mass is 483 g/mol. The summed E-state index contributed by atoms with van der Waals surface area (Å²) < 4.78 is 51.7. The van der Waals surface area contributed by atoms with Crippen molar-refractivity contribution in [1.82, 2.24) is 0 Å². The first-order chi connectivity index (χ1) is 16.6. The van der Waals surface area contributed by atoms with Crippen molar-refractivity contribution in [1.29, 1.82) is 0 Å². The number of benzene rings is 3. The smallest absolute Gasteiger partial charge is 0.416 e. The van der Waals surface area contributed by atoms with E-state index in [2.05, 4.69) is 5.32 Å². The van der Waals surface area contributed by atoms with Crippen molar-refractivity contribution >= 4 is 23.0 Å². The van der Waals surface area contributed by atoms with Gasteiger partial charge in [0.25, 0.3) is 5.91 Å². The molecule has 3 aromatic carbocycles. The summed E-state index contributed by atoms with van der Waals surface area (Å²) in [4.78, 5) is 13.6. The first kappa shape index (κ1) is 22.9. The SMILES string of the molecule is COc1ccc(C(F)(F)F)cc1-c1ccc2c3c1CN(c1ccccc1OC)N3C(=O)C(C)(C)N2. The third kappa shape index (κ3) is 3.53. The highest BCUT2D eigenvalue weighted by molar-refractivity contribution is 6.12. The summed E-state index contributed by atoms with van der Waals surface area (Å²) in [6, 6.07) is 14.3. The van der Waals surface area contributed by atoms with E-state index in [4.69, 9.17) is 9.47 Å². The standard InChI is InChI=1S/C26H24F3N3O3/c1-25(2)24(33)32-23-18(14-31(32)20-7-5-6-8-22(20)35-4)16(10-11-19(23)30-25)17-13-15(26(27,28)29)9-12-21(17)34-3/h5-13,30H,14H2,1-4H3. The topological polar surface area (TPSA) is 54.0 Å². The predicted molar refractivity (Wildman–Crippen MR) is 128 cm³/mol. The number of alkyl halides is 3. The highest BCUT2D eigenvalue weighted by Crippen LogP contribution is 2.51. The van der Waals surface area contributed by atoms with Crippen LogP contribution in [0.1, 0.15) is 25.0 Å². The van der Waals surface area contributed by atoms with Crippen LogP contribution in [-0.2, 0) is 17.5 Å². The Morgan fingerprint density at radius 2 is 1.66 bits per heavy atom. The van der Waals surface area contributed by atoms with E-state index in [0.717, 1.165) is 17.8 Å². The zero-order valence-electron chi connectivity index (χ0n) is 19.7. The molecule has 0 bridgehead atoms. The number of ether oxygens (including phenoxy) is 2. The Morgan fingerprint density at radius 1 is 0.943 bits per heavy atom. The van der Waals surface area contributed by atoms with Gasteiger partial charge in [0.1, 0.15) is 22.7 Å². The molecule has 0 atom stereocenters. The number of amides is 1. The minimum Gasteiger partial charge on any atom is -0.496 e. The lowest BCUT2D eigenvalue weighted by molar-refractivity contribution is -0.137. The van der Waals surface area contributed by atoms with Crippen LogP contribution < -0.4 is 24.8 Å². The summed E-state index contributed by atoms with van der Waals surface area (Å²) in [7, 11) is 2.97.